The van der Waals surface area contributed by atoms with Gasteiger partial charge in [0.05, 0.1) is 40.8 Å². The quantitative estimate of drug-likeness (QED) is 0.115. The number of nitrogens with one attached hydrogen (secondary N) is 2. The van der Waals surface area contributed by atoms with Gasteiger partial charge in [0.25, 0.3) is 5.91 Å². The van der Waals surface area contributed by atoms with E-state index in [1.165, 1.54) is 26.2 Å². The Morgan fingerprint density at radius 2 is 1.66 bits per heavy atom. The van der Waals surface area contributed by atoms with Crippen molar-refractivity contribution in [3.8, 4) is 11.5 Å². The predicted octanol–water partition coefficient (Wildman–Crippen LogP) is 4.57. The number of piperazine rings is 1. The minimum absolute atomic E-state index is 0.00644. The lowest BCUT2D eigenvalue weighted by molar-refractivity contribution is -0.250. The Labute approximate surface area is 352 Å². The van der Waals surface area contributed by atoms with Crippen LogP contribution in [0.25, 0.3) is 38.7 Å². The molecule has 8 heterocycles. The van der Waals surface area contributed by atoms with Gasteiger partial charge in [-0.25, -0.2) is 4.98 Å². The van der Waals surface area contributed by atoms with Gasteiger partial charge in [0.15, 0.2) is 22.4 Å². The number of anilines is 2. The molecule has 1 aromatic heterocycles. The molecule has 0 spiro atoms. The topological polar surface area (TPSA) is 213 Å². The number of phenolic OH excluding ortho intramolecular Hbond substituents is 1. The average Bonchev–Trinajstić information content (AvgIpc) is 3.51. The molecule has 3 aromatic carbocycles. The molecule has 7 bridgehead atoms. The van der Waals surface area contributed by atoms with Crippen molar-refractivity contribution in [1.29, 1.82) is 0 Å². The molecule has 11 rings (SSSR count). The van der Waals surface area contributed by atoms with Crippen LogP contribution in [0, 0.1) is 30.6 Å². The number of benzene rings is 3. The van der Waals surface area contributed by atoms with E-state index in [-0.39, 0.29) is 84.6 Å². The first-order chi connectivity index (χ1) is 28.9. The number of nitrogens with zero attached hydrogens (tertiary/aromatic N) is 2. The summed E-state index contributed by atoms with van der Waals surface area (Å²) in [6.45, 7) is 16.8. The first kappa shape index (κ1) is 42.2. The largest absolute Gasteiger partial charge is 0.507 e. The number of aliphatic hydroxyl groups excluding tert-OH is 3. The Hall–Kier alpha value is -5.48. The highest BCUT2D eigenvalue weighted by molar-refractivity contribution is 6.16. The summed E-state index contributed by atoms with van der Waals surface area (Å²) in [5.74, 6) is -4.57. The van der Waals surface area contributed by atoms with Gasteiger partial charge >= 0.3 is 5.79 Å². The van der Waals surface area contributed by atoms with Crippen LogP contribution in [-0.4, -0.2) is 87.2 Å². The van der Waals surface area contributed by atoms with E-state index in [1.54, 1.807) is 31.2 Å². The fraction of sp³-hybridized carbons (Fsp3) is 0.478. The maximum Gasteiger partial charge on any atom is 0.307 e. The number of ether oxygens (including phenoxy) is 3. The Bertz CT molecular complexity index is 2740. The summed E-state index contributed by atoms with van der Waals surface area (Å²) < 4.78 is 25.1. The molecule has 7 aliphatic heterocycles. The number of hydrogen-bond acceptors (Lipinski definition) is 14. The summed E-state index contributed by atoms with van der Waals surface area (Å²) in [5, 5.41) is 52.1. The summed E-state index contributed by atoms with van der Waals surface area (Å²) in [5.41, 5.74) is -1.68. The molecule has 0 unspecified atom stereocenters. The number of allylic oxidation sites excluding steroid dienone is 3. The van der Waals surface area contributed by atoms with E-state index in [0.717, 1.165) is 0 Å². The molecule has 61 heavy (non-hydrogen) atoms. The molecule has 0 aliphatic carbocycles. The number of phenols is 1. The van der Waals surface area contributed by atoms with Gasteiger partial charge in [-0.15, -0.1) is 0 Å². The fourth-order valence-electron chi connectivity index (χ4n) is 9.23. The molecular formula is C46H54N4O11. The minimum atomic E-state index is -1.86. The molecule has 4 aromatic rings. The molecule has 9 atom stereocenters. The van der Waals surface area contributed by atoms with Gasteiger partial charge < -0.3 is 54.6 Å². The van der Waals surface area contributed by atoms with Crippen LogP contribution in [0.15, 0.2) is 62.3 Å². The van der Waals surface area contributed by atoms with Crippen LogP contribution in [0.5, 0.6) is 11.5 Å². The number of rotatable bonds is 1. The molecule has 0 radical (unpaired) electrons. The maximum absolute atomic E-state index is 14.8. The Morgan fingerprint density at radius 3 is 2.36 bits per heavy atom. The summed E-state index contributed by atoms with van der Waals surface area (Å²) in [6.07, 6.45) is 6.44. The molecule has 15 nitrogen and oxygen atoms in total. The van der Waals surface area contributed by atoms with Crippen LogP contribution < -0.4 is 36.3 Å². The second kappa shape index (κ2) is 15.5. The molecular weight excluding hydrogens is 785 g/mol. The Kier molecular flexibility index (Phi) is 10.7. The summed E-state index contributed by atoms with van der Waals surface area (Å²) >= 11 is 0. The average molecular weight is 839 g/mol. The van der Waals surface area contributed by atoms with E-state index in [4.69, 9.17) is 23.6 Å². The third-order valence-corrected chi connectivity index (χ3v) is 13.5. The van der Waals surface area contributed by atoms with Crippen LogP contribution in [-0.2, 0) is 14.3 Å². The molecule has 2 saturated heterocycles. The van der Waals surface area contributed by atoms with Crippen molar-refractivity contribution in [3.63, 3.8) is 0 Å². The van der Waals surface area contributed by atoms with Crippen LogP contribution in [0.4, 0.5) is 11.4 Å². The van der Waals surface area contributed by atoms with E-state index < -0.39 is 57.8 Å². The zero-order chi connectivity index (χ0) is 43.9. The van der Waals surface area contributed by atoms with E-state index >= 15 is 0 Å². The number of hydrogen-bond donors (Lipinski definition) is 6. The van der Waals surface area contributed by atoms with E-state index in [9.17, 15) is 34.8 Å². The van der Waals surface area contributed by atoms with Crippen molar-refractivity contribution in [2.75, 3.05) is 36.4 Å². The number of aromatic hydroxyl groups is 1. The first-order valence-corrected chi connectivity index (χ1v) is 20.9. The lowest BCUT2D eigenvalue weighted by Gasteiger charge is -2.54. The van der Waals surface area contributed by atoms with Gasteiger partial charge in [-0.2, -0.15) is 0 Å². The van der Waals surface area contributed by atoms with E-state index in [1.807, 2.05) is 45.6 Å². The van der Waals surface area contributed by atoms with Crippen molar-refractivity contribution < 1.29 is 43.8 Å². The van der Waals surface area contributed by atoms with Gasteiger partial charge in [-0.3, -0.25) is 14.4 Å². The smallest absolute Gasteiger partial charge is 0.307 e. The molecule has 7 aliphatic rings. The second-order valence-corrected chi connectivity index (χ2v) is 17.6. The number of aromatic nitrogens is 1. The number of carbonyl (C=O) groups excluding carboxylic acids is 1. The zero-order valence-electron chi connectivity index (χ0n) is 35.7. The fourth-order valence-corrected chi connectivity index (χ4v) is 9.23. The normalized spacial score (nSPS) is 33.1. The third kappa shape index (κ3) is 6.91. The molecule has 324 valence electrons. The number of aliphatic hydroxyl groups is 3. The van der Waals surface area contributed by atoms with Crippen molar-refractivity contribution >= 4 is 56.0 Å². The van der Waals surface area contributed by atoms with Crippen LogP contribution >= 0.6 is 0 Å². The zero-order valence-corrected chi connectivity index (χ0v) is 35.7. The first-order valence-electron chi connectivity index (χ1n) is 20.9. The van der Waals surface area contributed by atoms with Crippen molar-refractivity contribution in [2.45, 2.75) is 91.5 Å². The third-order valence-electron chi connectivity index (χ3n) is 13.5. The highest BCUT2D eigenvalue weighted by atomic mass is 16.7. The number of fused-ring (bicyclic) bond motifs is 1. The van der Waals surface area contributed by atoms with Crippen molar-refractivity contribution in [2.24, 2.45) is 23.7 Å². The summed E-state index contributed by atoms with van der Waals surface area (Å²) in [7, 11) is 0. The monoisotopic (exact) mass is 838 g/mol. The summed E-state index contributed by atoms with van der Waals surface area (Å²) in [4.78, 5) is 49.3. The van der Waals surface area contributed by atoms with Crippen LogP contribution in [0.2, 0.25) is 0 Å². The summed E-state index contributed by atoms with van der Waals surface area (Å²) in [6, 6.07) is 3.14. The SMILES string of the molecule is C/C1=C/C=C/[C@]2(C)O[C@H]([C@@H](C)[C@@H](O)[C@@H](C)[C@H](O)[C@H](C)C/C=C/O[C@@]3(C)Oc4c(C)c(O)c5c(=O)c(c6oc7cc(N8CCNCC8)cc(=O)c7nc6c5c4=C3O)NC1=O)[C@H]2C. The lowest BCUT2D eigenvalue weighted by atomic mass is 9.71. The molecule has 6 N–H and O–H groups in total. The molecule has 0 saturated carbocycles. The van der Waals surface area contributed by atoms with Gasteiger partial charge in [0.1, 0.15) is 22.7 Å². The molecule has 15 heteroatoms. The second-order valence-electron chi connectivity index (χ2n) is 17.6. The van der Waals surface area contributed by atoms with E-state index in [2.05, 4.69) is 10.6 Å². The predicted molar refractivity (Wildman–Crippen MR) is 232 cm³/mol. The standard InChI is InChI=1S/C46H54N4O11/c1-21-12-10-18-58-46(8)43(56)32-30-31(38(54)25(5)41(32)61-46)39(55)35(42-34(30)48-33-28(51)19-27(20-29(33)59-42)50-16-14-47-15-17-50)49-44(57)22(2)11-9-13-45(7)26(6)40(60-45)24(4)37(53)23(3)36(21)52/h9-11,13,18-21,23-24,26,36-37,40,47,52-54,56H,12,14-17H2,1-8H3,(H,49,57)/b13-9+,18-10+,22-11-/t21-,23+,24+,26-,36-,37+,40-,45+,46+/m1/s1. The van der Waals surface area contributed by atoms with E-state index in [0.29, 0.717) is 38.3 Å². The van der Waals surface area contributed by atoms with Gasteiger partial charge in [0, 0.05) is 85.2 Å². The van der Waals surface area contributed by atoms with Crippen molar-refractivity contribution in [3.05, 3.63) is 79.5 Å². The highest BCUT2D eigenvalue weighted by Gasteiger charge is 2.52. The van der Waals surface area contributed by atoms with Gasteiger partial charge in [-0.1, -0.05) is 45.9 Å². The van der Waals surface area contributed by atoms with Gasteiger partial charge in [-0.05, 0) is 39.2 Å². The number of carbonyl (C=O) groups is 1. The maximum atomic E-state index is 14.8. The van der Waals surface area contributed by atoms with Crippen LogP contribution in [0.1, 0.15) is 60.5 Å². The minimum Gasteiger partial charge on any atom is -0.507 e. The van der Waals surface area contributed by atoms with Gasteiger partial charge in [0.2, 0.25) is 10.9 Å². The molecule has 1 amide bonds. The number of amides is 1. The Balaban J connectivity index is 1.34. The lowest BCUT2D eigenvalue weighted by Crippen LogP contribution is -2.60. The molecule has 2 fully saturated rings. The van der Waals surface area contributed by atoms with Crippen molar-refractivity contribution in [1.82, 2.24) is 10.3 Å². The highest BCUT2D eigenvalue weighted by Crippen LogP contribution is 2.46. The Morgan fingerprint density at radius 1 is 0.934 bits per heavy atom. The van der Waals surface area contributed by atoms with Crippen LogP contribution in [0.3, 0.4) is 0 Å².